The van der Waals surface area contributed by atoms with E-state index in [0.717, 1.165) is 16.8 Å². The van der Waals surface area contributed by atoms with E-state index in [1.54, 1.807) is 12.1 Å². The van der Waals surface area contributed by atoms with E-state index in [4.69, 9.17) is 11.6 Å². The predicted molar refractivity (Wildman–Crippen MR) is 85.8 cm³/mol. The highest BCUT2D eigenvalue weighted by molar-refractivity contribution is 6.69. The summed E-state index contributed by atoms with van der Waals surface area (Å²) < 4.78 is 0. The number of hydrogen-bond donors (Lipinski definition) is 0. The Bertz CT molecular complexity index is 699. The molecule has 0 saturated carbocycles. The molecule has 21 heavy (non-hydrogen) atoms. The minimum atomic E-state index is -0.441. The molecule has 0 N–H and O–H groups in total. The second-order valence-electron chi connectivity index (χ2n) is 4.95. The molecule has 5 heteroatoms. The Balaban J connectivity index is 2.39. The molecule has 0 aromatic heterocycles. The summed E-state index contributed by atoms with van der Waals surface area (Å²) in [6, 6.07) is 10.1. The zero-order valence-electron chi connectivity index (χ0n) is 12.1. The van der Waals surface area contributed by atoms with E-state index >= 15 is 0 Å². The second kappa shape index (κ2) is 6.06. The molecule has 0 bridgehead atoms. The highest BCUT2D eigenvalue weighted by Gasteiger charge is 2.08. The molecule has 0 atom stereocenters. The summed E-state index contributed by atoms with van der Waals surface area (Å²) in [7, 11) is 0. The summed E-state index contributed by atoms with van der Waals surface area (Å²) in [6.45, 7) is 6.00. The molecule has 0 spiro atoms. The van der Waals surface area contributed by atoms with Crippen LogP contribution in [0, 0.1) is 30.9 Å². The molecule has 0 amide bonds. The van der Waals surface area contributed by atoms with Gasteiger partial charge in [-0.1, -0.05) is 29.3 Å². The van der Waals surface area contributed by atoms with Crippen LogP contribution in [0.3, 0.4) is 0 Å². The lowest BCUT2D eigenvalue weighted by atomic mass is 10.1. The summed E-state index contributed by atoms with van der Waals surface area (Å²) >= 11 is 6.24. The van der Waals surface area contributed by atoms with Crippen molar-refractivity contribution in [2.45, 2.75) is 20.8 Å². The number of nitro benzene ring substituents is 1. The quantitative estimate of drug-likeness (QED) is 0.463. The summed E-state index contributed by atoms with van der Waals surface area (Å²) in [4.78, 5) is 14.7. The summed E-state index contributed by atoms with van der Waals surface area (Å²) in [6.07, 6.45) is 0. The largest absolute Gasteiger partial charge is 0.269 e. The molecule has 0 aliphatic heterocycles. The molecule has 0 aliphatic carbocycles. The number of non-ortho nitro benzene ring substituents is 1. The number of aliphatic imine (C=N–C) groups is 1. The Morgan fingerprint density at radius 1 is 1.10 bits per heavy atom. The number of rotatable bonds is 3. The lowest BCUT2D eigenvalue weighted by molar-refractivity contribution is -0.384. The van der Waals surface area contributed by atoms with Crippen LogP contribution in [0.4, 0.5) is 11.4 Å². The lowest BCUT2D eigenvalue weighted by Gasteiger charge is -2.07. The average Bonchev–Trinajstić information content (AvgIpc) is 2.42. The third-order valence-corrected chi connectivity index (χ3v) is 3.46. The van der Waals surface area contributed by atoms with Gasteiger partial charge in [0.2, 0.25) is 0 Å². The first-order valence-electron chi connectivity index (χ1n) is 6.45. The maximum absolute atomic E-state index is 10.6. The number of benzene rings is 2. The van der Waals surface area contributed by atoms with Crippen molar-refractivity contribution < 1.29 is 4.92 Å². The van der Waals surface area contributed by atoms with Crippen LogP contribution in [0.2, 0.25) is 0 Å². The van der Waals surface area contributed by atoms with Gasteiger partial charge in [-0.3, -0.25) is 10.1 Å². The Kier molecular flexibility index (Phi) is 4.38. The predicted octanol–water partition coefficient (Wildman–Crippen LogP) is 4.84. The molecule has 2 aromatic rings. The van der Waals surface area contributed by atoms with Crippen molar-refractivity contribution in [1.29, 1.82) is 0 Å². The Morgan fingerprint density at radius 2 is 1.62 bits per heavy atom. The molecule has 4 nitrogen and oxygen atoms in total. The molecule has 2 rings (SSSR count). The van der Waals surface area contributed by atoms with Gasteiger partial charge in [0.1, 0.15) is 5.17 Å². The number of aryl methyl sites for hydroxylation is 3. The Hall–Kier alpha value is -2.20. The summed E-state index contributed by atoms with van der Waals surface area (Å²) in [5.74, 6) is 0. The maximum atomic E-state index is 10.6. The highest BCUT2D eigenvalue weighted by atomic mass is 35.5. The van der Waals surface area contributed by atoms with Crippen molar-refractivity contribution in [3.05, 3.63) is 68.8 Å². The topological polar surface area (TPSA) is 55.5 Å². The van der Waals surface area contributed by atoms with Crippen LogP contribution in [0.15, 0.2) is 41.4 Å². The lowest BCUT2D eigenvalue weighted by Crippen LogP contribution is -1.94. The van der Waals surface area contributed by atoms with Crippen molar-refractivity contribution in [2.24, 2.45) is 4.99 Å². The van der Waals surface area contributed by atoms with E-state index in [1.807, 2.05) is 32.9 Å². The minimum Gasteiger partial charge on any atom is -0.258 e. The van der Waals surface area contributed by atoms with E-state index in [-0.39, 0.29) is 5.69 Å². The van der Waals surface area contributed by atoms with Crippen LogP contribution in [0.1, 0.15) is 22.3 Å². The fraction of sp³-hybridized carbons (Fsp3) is 0.188. The van der Waals surface area contributed by atoms with Crippen LogP contribution in [0.25, 0.3) is 0 Å². The van der Waals surface area contributed by atoms with E-state index in [0.29, 0.717) is 10.7 Å². The monoisotopic (exact) mass is 302 g/mol. The smallest absolute Gasteiger partial charge is 0.258 e. The third-order valence-electron chi connectivity index (χ3n) is 3.16. The van der Waals surface area contributed by atoms with Gasteiger partial charge in [0.25, 0.3) is 5.69 Å². The molecule has 0 heterocycles. The molecule has 2 aromatic carbocycles. The number of halogens is 1. The van der Waals surface area contributed by atoms with E-state index in [2.05, 4.69) is 4.99 Å². The summed E-state index contributed by atoms with van der Waals surface area (Å²) in [5, 5.41) is 11.0. The van der Waals surface area contributed by atoms with Crippen LogP contribution < -0.4 is 0 Å². The van der Waals surface area contributed by atoms with E-state index in [9.17, 15) is 10.1 Å². The second-order valence-corrected chi connectivity index (χ2v) is 5.31. The molecule has 0 aliphatic rings. The molecule has 108 valence electrons. The fourth-order valence-electron chi connectivity index (χ4n) is 2.23. The fourth-order valence-corrected chi connectivity index (χ4v) is 2.44. The summed E-state index contributed by atoms with van der Waals surface area (Å²) in [5.41, 5.74) is 4.80. The van der Waals surface area contributed by atoms with Crippen LogP contribution >= 0.6 is 11.6 Å². The van der Waals surface area contributed by atoms with Gasteiger partial charge in [-0.05, 0) is 44.0 Å². The minimum absolute atomic E-state index is 0.0333. The van der Waals surface area contributed by atoms with Gasteiger partial charge in [0.15, 0.2) is 0 Å². The van der Waals surface area contributed by atoms with Gasteiger partial charge in [-0.2, -0.15) is 0 Å². The van der Waals surface area contributed by atoms with Gasteiger partial charge in [-0.25, -0.2) is 4.99 Å². The van der Waals surface area contributed by atoms with Gasteiger partial charge in [0, 0.05) is 17.7 Å². The molecule has 0 radical (unpaired) electrons. The molecule has 0 fully saturated rings. The first-order chi connectivity index (χ1) is 9.88. The van der Waals surface area contributed by atoms with Crippen molar-refractivity contribution in [2.75, 3.05) is 0 Å². The molecule has 0 saturated heterocycles. The Morgan fingerprint density at radius 3 is 2.10 bits per heavy atom. The zero-order valence-corrected chi connectivity index (χ0v) is 12.8. The van der Waals surface area contributed by atoms with Crippen molar-refractivity contribution in [1.82, 2.24) is 0 Å². The first kappa shape index (κ1) is 15.2. The number of hydrogen-bond acceptors (Lipinski definition) is 3. The number of nitro groups is 1. The maximum Gasteiger partial charge on any atom is 0.269 e. The third kappa shape index (κ3) is 3.47. The first-order valence-corrected chi connectivity index (χ1v) is 6.83. The SMILES string of the molecule is Cc1cc(C)c(N=C(Cl)c2ccc([N+](=O)[O-])cc2)c(C)c1. The van der Waals surface area contributed by atoms with Gasteiger partial charge >= 0.3 is 0 Å². The van der Waals surface area contributed by atoms with Crippen LogP contribution in [0.5, 0.6) is 0 Å². The van der Waals surface area contributed by atoms with E-state index in [1.165, 1.54) is 17.7 Å². The highest BCUT2D eigenvalue weighted by Crippen LogP contribution is 2.27. The van der Waals surface area contributed by atoms with Gasteiger partial charge in [0.05, 0.1) is 10.6 Å². The van der Waals surface area contributed by atoms with Crippen molar-refractivity contribution in [3.8, 4) is 0 Å². The average molecular weight is 303 g/mol. The van der Waals surface area contributed by atoms with Gasteiger partial charge < -0.3 is 0 Å². The number of nitrogens with zero attached hydrogens (tertiary/aromatic N) is 2. The molecule has 0 unspecified atom stereocenters. The Labute approximate surface area is 128 Å². The normalized spacial score (nSPS) is 11.5. The van der Waals surface area contributed by atoms with E-state index < -0.39 is 4.92 Å². The van der Waals surface area contributed by atoms with Gasteiger partial charge in [-0.15, -0.1) is 0 Å². The molecular formula is C16H15ClN2O2. The zero-order chi connectivity index (χ0) is 15.6. The van der Waals surface area contributed by atoms with Crippen molar-refractivity contribution >= 4 is 28.1 Å². The molecular weight excluding hydrogens is 288 g/mol. The van der Waals surface area contributed by atoms with Crippen LogP contribution in [-0.4, -0.2) is 10.1 Å². The van der Waals surface area contributed by atoms with Crippen LogP contribution in [-0.2, 0) is 0 Å². The standard InChI is InChI=1S/C16H15ClN2O2/c1-10-8-11(2)15(12(3)9-10)18-16(17)13-4-6-14(7-5-13)19(20)21/h4-9H,1-3H3. The van der Waals surface area contributed by atoms with Crippen molar-refractivity contribution in [3.63, 3.8) is 0 Å².